The van der Waals surface area contributed by atoms with Crippen LogP contribution in [0.25, 0.3) is 0 Å². The fourth-order valence-electron chi connectivity index (χ4n) is 2.10. The van der Waals surface area contributed by atoms with Gasteiger partial charge in [0.2, 0.25) is 0 Å². The zero-order valence-electron chi connectivity index (χ0n) is 12.0. The first-order valence-corrected chi connectivity index (χ1v) is 6.73. The molecule has 0 aliphatic heterocycles. The molecule has 2 aromatic carbocycles. The van der Waals surface area contributed by atoms with Crippen molar-refractivity contribution in [2.45, 2.75) is 19.1 Å². The zero-order valence-corrected chi connectivity index (χ0v) is 12.0. The van der Waals surface area contributed by atoms with E-state index in [-0.39, 0.29) is 11.5 Å². The van der Waals surface area contributed by atoms with Gasteiger partial charge in [-0.1, -0.05) is 30.3 Å². The monoisotopic (exact) mass is 300 g/mol. The second-order valence-electron chi connectivity index (χ2n) is 4.89. The Morgan fingerprint density at radius 1 is 1.14 bits per heavy atom. The van der Waals surface area contributed by atoms with Crippen LogP contribution in [0.5, 0.6) is 0 Å². The average molecular weight is 300 g/mol. The summed E-state index contributed by atoms with van der Waals surface area (Å²) < 4.78 is 0. The summed E-state index contributed by atoms with van der Waals surface area (Å²) in [6, 6.07) is 14.2. The molecule has 0 radical (unpaired) electrons. The Morgan fingerprint density at radius 3 is 2.23 bits per heavy atom. The summed E-state index contributed by atoms with van der Waals surface area (Å²) >= 11 is 0. The van der Waals surface area contributed by atoms with E-state index in [2.05, 4.69) is 5.32 Å². The third-order valence-electron chi connectivity index (χ3n) is 3.29. The molecule has 2 atom stereocenters. The lowest BCUT2D eigenvalue weighted by molar-refractivity contribution is -0.384. The van der Waals surface area contributed by atoms with Crippen LogP contribution in [-0.2, 0) is 4.79 Å². The van der Waals surface area contributed by atoms with Crippen LogP contribution in [0.2, 0.25) is 0 Å². The minimum atomic E-state index is -1.25. The number of aliphatic hydroxyl groups excluding tert-OH is 1. The first kappa shape index (κ1) is 15.7. The van der Waals surface area contributed by atoms with Crippen molar-refractivity contribution in [1.82, 2.24) is 0 Å². The molecular formula is C16H16N2O4. The van der Waals surface area contributed by atoms with Crippen LogP contribution in [0.3, 0.4) is 0 Å². The minimum absolute atomic E-state index is 0.0421. The van der Waals surface area contributed by atoms with E-state index in [4.69, 9.17) is 0 Å². The van der Waals surface area contributed by atoms with Gasteiger partial charge in [0.15, 0.2) is 5.78 Å². The number of nitro benzene ring substituents is 1. The molecule has 0 fully saturated rings. The molecule has 2 rings (SSSR count). The largest absolute Gasteiger partial charge is 0.383 e. The number of nitrogens with zero attached hydrogens (tertiary/aromatic N) is 1. The number of para-hydroxylation sites is 1. The van der Waals surface area contributed by atoms with E-state index in [1.54, 1.807) is 0 Å². The van der Waals surface area contributed by atoms with E-state index in [1.165, 1.54) is 31.2 Å². The number of non-ortho nitro benzene ring substituents is 1. The number of hydrogen-bond donors (Lipinski definition) is 2. The van der Waals surface area contributed by atoms with Crippen molar-refractivity contribution in [2.75, 3.05) is 5.32 Å². The maximum Gasteiger partial charge on any atom is 0.269 e. The molecule has 0 saturated carbocycles. The van der Waals surface area contributed by atoms with Crippen molar-refractivity contribution in [3.8, 4) is 0 Å². The number of carbonyl (C=O) groups excluding carboxylic acids is 1. The molecule has 0 unspecified atom stereocenters. The Balaban J connectivity index is 2.31. The summed E-state index contributed by atoms with van der Waals surface area (Å²) in [5.41, 5.74) is 1.29. The van der Waals surface area contributed by atoms with Crippen molar-refractivity contribution in [2.24, 2.45) is 0 Å². The van der Waals surface area contributed by atoms with Gasteiger partial charge in [0.05, 0.1) is 11.0 Å². The van der Waals surface area contributed by atoms with Crippen LogP contribution in [0.1, 0.15) is 18.5 Å². The quantitative estimate of drug-likeness (QED) is 0.632. The molecule has 0 heterocycles. The standard InChI is InChI=1S/C16H16N2O4/c1-11(19)16(20)15(17-13-5-3-2-4-6-13)12-7-9-14(10-8-12)18(21)22/h2-10,15-17,20H,1H3/t15-,16+/m1/s1. The van der Waals surface area contributed by atoms with Crippen molar-refractivity contribution in [3.05, 3.63) is 70.3 Å². The smallest absolute Gasteiger partial charge is 0.269 e. The predicted octanol–water partition coefficient (Wildman–Crippen LogP) is 2.70. The molecule has 0 bridgehead atoms. The van der Waals surface area contributed by atoms with E-state index in [0.29, 0.717) is 5.56 Å². The zero-order chi connectivity index (χ0) is 16.1. The minimum Gasteiger partial charge on any atom is -0.383 e. The number of hydrogen-bond acceptors (Lipinski definition) is 5. The average Bonchev–Trinajstić information content (AvgIpc) is 2.53. The second-order valence-corrected chi connectivity index (χ2v) is 4.89. The molecular weight excluding hydrogens is 284 g/mol. The van der Waals surface area contributed by atoms with Gasteiger partial charge in [0.25, 0.3) is 5.69 Å². The third-order valence-corrected chi connectivity index (χ3v) is 3.29. The molecule has 0 aliphatic rings. The molecule has 0 spiro atoms. The van der Waals surface area contributed by atoms with Gasteiger partial charge >= 0.3 is 0 Å². The number of nitro groups is 1. The molecule has 0 saturated heterocycles. The fourth-order valence-corrected chi connectivity index (χ4v) is 2.10. The number of carbonyl (C=O) groups is 1. The second kappa shape index (κ2) is 6.82. The summed E-state index contributed by atoms with van der Waals surface area (Å²) in [7, 11) is 0. The molecule has 0 aromatic heterocycles. The molecule has 2 aromatic rings. The van der Waals surface area contributed by atoms with Crippen molar-refractivity contribution < 1.29 is 14.8 Å². The molecule has 6 nitrogen and oxygen atoms in total. The summed E-state index contributed by atoms with van der Waals surface area (Å²) in [6.45, 7) is 1.30. The van der Waals surface area contributed by atoms with Gasteiger partial charge in [-0.05, 0) is 24.6 Å². The summed E-state index contributed by atoms with van der Waals surface area (Å²) in [5, 5.41) is 23.9. The van der Waals surface area contributed by atoms with Gasteiger partial charge in [-0.15, -0.1) is 0 Å². The van der Waals surface area contributed by atoms with E-state index >= 15 is 0 Å². The Hall–Kier alpha value is -2.73. The Morgan fingerprint density at radius 2 is 1.73 bits per heavy atom. The normalized spacial score (nSPS) is 13.2. The highest BCUT2D eigenvalue weighted by atomic mass is 16.6. The van der Waals surface area contributed by atoms with Gasteiger partial charge in [-0.2, -0.15) is 0 Å². The van der Waals surface area contributed by atoms with E-state index < -0.39 is 17.1 Å². The molecule has 2 N–H and O–H groups in total. The van der Waals surface area contributed by atoms with Gasteiger partial charge in [-0.3, -0.25) is 14.9 Å². The highest BCUT2D eigenvalue weighted by molar-refractivity contribution is 5.81. The summed E-state index contributed by atoms with van der Waals surface area (Å²) in [6.07, 6.45) is -1.25. The van der Waals surface area contributed by atoms with E-state index in [1.807, 2.05) is 30.3 Å². The summed E-state index contributed by atoms with van der Waals surface area (Å²) in [4.78, 5) is 21.7. The highest BCUT2D eigenvalue weighted by Gasteiger charge is 2.25. The van der Waals surface area contributed by atoms with Crippen molar-refractivity contribution in [1.29, 1.82) is 0 Å². The van der Waals surface area contributed by atoms with E-state index in [9.17, 15) is 20.0 Å². The van der Waals surface area contributed by atoms with Crippen LogP contribution in [0, 0.1) is 10.1 Å². The van der Waals surface area contributed by atoms with Crippen LogP contribution in [-0.4, -0.2) is 21.9 Å². The molecule has 22 heavy (non-hydrogen) atoms. The number of aliphatic hydroxyl groups is 1. The lowest BCUT2D eigenvalue weighted by Crippen LogP contribution is -2.31. The maximum absolute atomic E-state index is 11.5. The van der Waals surface area contributed by atoms with Gasteiger partial charge in [-0.25, -0.2) is 0 Å². The lowest BCUT2D eigenvalue weighted by Gasteiger charge is -2.24. The Labute approximate surface area is 127 Å². The first-order chi connectivity index (χ1) is 10.5. The topological polar surface area (TPSA) is 92.5 Å². The van der Waals surface area contributed by atoms with Gasteiger partial charge in [0, 0.05) is 17.8 Å². The molecule has 6 heteroatoms. The van der Waals surface area contributed by atoms with Gasteiger partial charge in [0.1, 0.15) is 6.10 Å². The van der Waals surface area contributed by atoms with Crippen molar-refractivity contribution in [3.63, 3.8) is 0 Å². The Kier molecular flexibility index (Phi) is 4.85. The number of rotatable bonds is 6. The number of benzene rings is 2. The fraction of sp³-hybridized carbons (Fsp3) is 0.188. The Bertz CT molecular complexity index is 656. The van der Waals surface area contributed by atoms with Crippen LogP contribution >= 0.6 is 0 Å². The predicted molar refractivity (Wildman–Crippen MR) is 82.6 cm³/mol. The molecule has 0 aliphatic carbocycles. The number of Topliss-reactive ketones (excluding diaryl/α,β-unsaturated/α-hetero) is 1. The number of ketones is 1. The van der Waals surface area contributed by atoms with Crippen LogP contribution in [0.4, 0.5) is 11.4 Å². The van der Waals surface area contributed by atoms with Crippen LogP contribution in [0.15, 0.2) is 54.6 Å². The van der Waals surface area contributed by atoms with Gasteiger partial charge < -0.3 is 10.4 Å². The molecule has 114 valence electrons. The van der Waals surface area contributed by atoms with Crippen LogP contribution < -0.4 is 5.32 Å². The lowest BCUT2D eigenvalue weighted by atomic mass is 9.98. The first-order valence-electron chi connectivity index (χ1n) is 6.73. The van der Waals surface area contributed by atoms with Crippen molar-refractivity contribution >= 4 is 17.2 Å². The summed E-state index contributed by atoms with van der Waals surface area (Å²) in [5.74, 6) is -0.383. The maximum atomic E-state index is 11.5. The highest BCUT2D eigenvalue weighted by Crippen LogP contribution is 2.25. The van der Waals surface area contributed by atoms with E-state index in [0.717, 1.165) is 5.69 Å². The SMILES string of the molecule is CC(=O)[C@H](O)[C@H](Nc1ccccc1)c1ccc([N+](=O)[O-])cc1. The third kappa shape index (κ3) is 3.67. The number of nitrogens with one attached hydrogen (secondary N) is 1. The molecule has 0 amide bonds. The number of anilines is 1.